The highest BCUT2D eigenvalue weighted by molar-refractivity contribution is 7.89. The molecule has 0 bridgehead atoms. The van der Waals surface area contributed by atoms with E-state index in [1.54, 1.807) is 79.9 Å². The molecule has 0 aliphatic heterocycles. The molecule has 0 saturated heterocycles. The number of aliphatic hydroxyl groups excluding tert-OH is 1. The largest absolute Gasteiger partial charge is 0.497 e. The van der Waals surface area contributed by atoms with Crippen molar-refractivity contribution in [2.45, 2.75) is 24.0 Å². The first-order valence-electron chi connectivity index (χ1n) is 8.86. The number of sulfonamides is 1. The van der Waals surface area contributed by atoms with E-state index in [-0.39, 0.29) is 4.90 Å². The number of hydrogen-bond donors (Lipinski definition) is 2. The van der Waals surface area contributed by atoms with Crippen molar-refractivity contribution in [2.24, 2.45) is 0 Å². The van der Waals surface area contributed by atoms with Gasteiger partial charge in [0, 0.05) is 0 Å². The second-order valence-corrected chi connectivity index (χ2v) is 8.25. The van der Waals surface area contributed by atoms with Crippen LogP contribution in [0, 0.1) is 6.92 Å². The molecule has 2 atom stereocenters. The molecule has 0 amide bonds. The van der Waals surface area contributed by atoms with Gasteiger partial charge < -0.3 is 9.84 Å². The Hall–Kier alpha value is -2.67. The highest BCUT2D eigenvalue weighted by Crippen LogP contribution is 2.31. The van der Waals surface area contributed by atoms with E-state index < -0.39 is 22.2 Å². The summed E-state index contributed by atoms with van der Waals surface area (Å²) in [4.78, 5) is 0.150. The van der Waals surface area contributed by atoms with E-state index in [0.717, 1.165) is 5.56 Å². The zero-order valence-corrected chi connectivity index (χ0v) is 16.6. The number of hydrogen-bond acceptors (Lipinski definition) is 4. The monoisotopic (exact) mass is 397 g/mol. The van der Waals surface area contributed by atoms with Crippen LogP contribution in [0.3, 0.4) is 0 Å². The number of aryl methyl sites for hydroxylation is 1. The molecular formula is C22H23NO4S. The molecule has 146 valence electrons. The van der Waals surface area contributed by atoms with Gasteiger partial charge in [-0.25, -0.2) is 13.1 Å². The summed E-state index contributed by atoms with van der Waals surface area (Å²) < 4.78 is 33.7. The Bertz CT molecular complexity index is 1000. The lowest BCUT2D eigenvalue weighted by Gasteiger charge is -2.25. The van der Waals surface area contributed by atoms with Crippen molar-refractivity contribution < 1.29 is 18.3 Å². The SMILES string of the molecule is COc1ccc([C@@H](NS(=O)(=O)c2ccc(C)cc2)[C@@H](O)c2ccccc2)cc1. The third-order valence-corrected chi connectivity index (χ3v) is 6.00. The van der Waals surface area contributed by atoms with E-state index in [4.69, 9.17) is 4.74 Å². The topological polar surface area (TPSA) is 75.6 Å². The fraction of sp³-hybridized carbons (Fsp3) is 0.182. The standard InChI is InChI=1S/C22H23NO4S/c1-16-8-14-20(15-9-16)28(25,26)23-21(17-10-12-19(27-2)13-11-17)22(24)18-6-4-3-5-7-18/h3-15,21-24H,1-2H3/t21-,22+/m1/s1. The van der Waals surface area contributed by atoms with Gasteiger partial charge in [0.25, 0.3) is 0 Å². The van der Waals surface area contributed by atoms with E-state index in [1.807, 2.05) is 13.0 Å². The third-order valence-electron chi connectivity index (χ3n) is 4.55. The number of aliphatic hydroxyl groups is 1. The van der Waals surface area contributed by atoms with Crippen molar-refractivity contribution in [3.63, 3.8) is 0 Å². The maximum atomic E-state index is 12.9. The van der Waals surface area contributed by atoms with Crippen LogP contribution in [0.5, 0.6) is 5.75 Å². The Kier molecular flexibility index (Phi) is 6.14. The summed E-state index contributed by atoms with van der Waals surface area (Å²) in [6, 6.07) is 21.7. The minimum absolute atomic E-state index is 0.150. The van der Waals surface area contributed by atoms with E-state index in [9.17, 15) is 13.5 Å². The minimum atomic E-state index is -3.83. The van der Waals surface area contributed by atoms with Crippen LogP contribution >= 0.6 is 0 Å². The number of rotatable bonds is 7. The van der Waals surface area contributed by atoms with Crippen LogP contribution in [0.25, 0.3) is 0 Å². The second-order valence-electron chi connectivity index (χ2n) is 6.54. The summed E-state index contributed by atoms with van der Waals surface area (Å²) in [5.41, 5.74) is 2.22. The van der Waals surface area contributed by atoms with Crippen molar-refractivity contribution in [3.05, 3.63) is 95.6 Å². The summed E-state index contributed by atoms with van der Waals surface area (Å²) in [6.45, 7) is 1.89. The van der Waals surface area contributed by atoms with Crippen molar-refractivity contribution in [3.8, 4) is 5.75 Å². The fourth-order valence-corrected chi connectivity index (χ4v) is 4.15. The molecule has 3 rings (SSSR count). The molecule has 0 saturated carbocycles. The minimum Gasteiger partial charge on any atom is -0.497 e. The summed E-state index contributed by atoms with van der Waals surface area (Å²) in [5.74, 6) is 0.651. The number of methoxy groups -OCH3 is 1. The molecule has 0 spiro atoms. The molecule has 0 heterocycles. The maximum absolute atomic E-state index is 12.9. The van der Waals surface area contributed by atoms with Gasteiger partial charge >= 0.3 is 0 Å². The van der Waals surface area contributed by atoms with Crippen LogP contribution in [-0.2, 0) is 10.0 Å². The molecule has 0 aromatic heterocycles. The molecule has 6 heteroatoms. The zero-order chi connectivity index (χ0) is 20.1. The zero-order valence-electron chi connectivity index (χ0n) is 15.7. The number of benzene rings is 3. The lowest BCUT2D eigenvalue weighted by atomic mass is 9.96. The van der Waals surface area contributed by atoms with Crippen molar-refractivity contribution in [2.75, 3.05) is 7.11 Å². The second kappa shape index (κ2) is 8.56. The highest BCUT2D eigenvalue weighted by atomic mass is 32.2. The van der Waals surface area contributed by atoms with Crippen LogP contribution in [-0.4, -0.2) is 20.6 Å². The van der Waals surface area contributed by atoms with Crippen molar-refractivity contribution in [1.29, 1.82) is 0 Å². The van der Waals surface area contributed by atoms with Crippen molar-refractivity contribution >= 4 is 10.0 Å². The van der Waals surface area contributed by atoms with E-state index >= 15 is 0 Å². The molecule has 0 fully saturated rings. The quantitative estimate of drug-likeness (QED) is 0.637. The smallest absolute Gasteiger partial charge is 0.241 e. The summed E-state index contributed by atoms with van der Waals surface area (Å²) in [5, 5.41) is 11.0. The van der Waals surface area contributed by atoms with E-state index in [0.29, 0.717) is 16.9 Å². The predicted octanol–water partition coefficient (Wildman–Crippen LogP) is 3.76. The maximum Gasteiger partial charge on any atom is 0.241 e. The van der Waals surface area contributed by atoms with Crippen LogP contribution in [0.4, 0.5) is 0 Å². The van der Waals surface area contributed by atoms with Gasteiger partial charge in [0.1, 0.15) is 5.75 Å². The van der Waals surface area contributed by atoms with Gasteiger partial charge in [-0.3, -0.25) is 0 Å². The molecule has 3 aromatic carbocycles. The van der Waals surface area contributed by atoms with Crippen LogP contribution in [0.15, 0.2) is 83.8 Å². The van der Waals surface area contributed by atoms with Gasteiger partial charge in [0.2, 0.25) is 10.0 Å². The third kappa shape index (κ3) is 4.59. The van der Waals surface area contributed by atoms with Crippen LogP contribution in [0.1, 0.15) is 28.8 Å². The van der Waals surface area contributed by atoms with E-state index in [2.05, 4.69) is 4.72 Å². The summed E-state index contributed by atoms with van der Waals surface area (Å²) >= 11 is 0. The van der Waals surface area contributed by atoms with Gasteiger partial charge in [-0.1, -0.05) is 60.2 Å². The highest BCUT2D eigenvalue weighted by Gasteiger charge is 2.28. The average molecular weight is 397 g/mol. The van der Waals surface area contributed by atoms with Gasteiger partial charge in [-0.05, 0) is 42.3 Å². The lowest BCUT2D eigenvalue weighted by Crippen LogP contribution is -2.32. The molecular weight excluding hydrogens is 374 g/mol. The van der Waals surface area contributed by atoms with Gasteiger partial charge in [-0.15, -0.1) is 0 Å². The molecule has 0 unspecified atom stereocenters. The lowest BCUT2D eigenvalue weighted by molar-refractivity contribution is 0.139. The molecule has 2 N–H and O–H groups in total. The Labute approximate surface area is 165 Å². The average Bonchev–Trinajstić information content (AvgIpc) is 2.72. The molecule has 0 radical (unpaired) electrons. The molecule has 0 aliphatic rings. The Morgan fingerprint density at radius 2 is 1.46 bits per heavy atom. The normalized spacial score (nSPS) is 13.7. The molecule has 28 heavy (non-hydrogen) atoms. The molecule has 5 nitrogen and oxygen atoms in total. The fourth-order valence-electron chi connectivity index (χ4n) is 2.92. The molecule has 0 aliphatic carbocycles. The Morgan fingerprint density at radius 1 is 0.857 bits per heavy atom. The molecule has 3 aromatic rings. The Balaban J connectivity index is 1.98. The van der Waals surface area contributed by atoms with E-state index in [1.165, 1.54) is 0 Å². The van der Waals surface area contributed by atoms with Gasteiger partial charge in [0.15, 0.2) is 0 Å². The van der Waals surface area contributed by atoms with Crippen LogP contribution in [0.2, 0.25) is 0 Å². The first kappa shape index (κ1) is 20.1. The Morgan fingerprint density at radius 3 is 2.04 bits per heavy atom. The van der Waals surface area contributed by atoms with Crippen LogP contribution < -0.4 is 9.46 Å². The summed E-state index contributed by atoms with van der Waals surface area (Å²) in [7, 11) is -2.27. The number of ether oxygens (including phenoxy) is 1. The number of nitrogens with one attached hydrogen (secondary N) is 1. The first-order valence-corrected chi connectivity index (χ1v) is 10.3. The van der Waals surface area contributed by atoms with Gasteiger partial charge in [-0.2, -0.15) is 0 Å². The van der Waals surface area contributed by atoms with Gasteiger partial charge in [0.05, 0.1) is 24.2 Å². The first-order chi connectivity index (χ1) is 13.4. The van der Waals surface area contributed by atoms with Crippen molar-refractivity contribution in [1.82, 2.24) is 4.72 Å². The predicted molar refractivity (Wildman–Crippen MR) is 109 cm³/mol. The summed E-state index contributed by atoms with van der Waals surface area (Å²) in [6.07, 6.45) is -1.06.